The second-order valence-corrected chi connectivity index (χ2v) is 8.09. The molecule has 0 spiro atoms. The lowest BCUT2D eigenvalue weighted by atomic mass is 10.1. The molecule has 0 radical (unpaired) electrons. The van der Waals surface area contributed by atoms with Crippen molar-refractivity contribution >= 4 is 40.7 Å². The van der Waals surface area contributed by atoms with Gasteiger partial charge in [-0.15, -0.1) is 0 Å². The number of carboxylic acid groups (broad SMARTS) is 1. The van der Waals surface area contributed by atoms with Gasteiger partial charge < -0.3 is 14.6 Å². The van der Waals surface area contributed by atoms with Crippen LogP contribution in [0.25, 0.3) is 0 Å². The van der Waals surface area contributed by atoms with Crippen LogP contribution in [0.15, 0.2) is 65.8 Å². The molecule has 9 heteroatoms. The maximum atomic E-state index is 13.0. The van der Waals surface area contributed by atoms with Crippen molar-refractivity contribution in [3.8, 4) is 11.5 Å². The van der Waals surface area contributed by atoms with Gasteiger partial charge >= 0.3 is 5.97 Å². The summed E-state index contributed by atoms with van der Waals surface area (Å²) in [6.07, 6.45) is 1.56. The van der Waals surface area contributed by atoms with Crippen molar-refractivity contribution in [1.82, 2.24) is 5.43 Å². The Bertz CT molecular complexity index is 1180. The quantitative estimate of drug-likeness (QED) is 0.229. The lowest BCUT2D eigenvalue weighted by Crippen LogP contribution is -2.19. The third kappa shape index (κ3) is 7.01. The first-order chi connectivity index (χ1) is 15.9. The number of ether oxygens (including phenoxy) is 2. The summed E-state index contributed by atoms with van der Waals surface area (Å²) in [4.78, 5) is 23.2. The SMILES string of the molecule is COc1cc(/C=N/NC(=O)Cc2ccc(F)cc2)cc(I)c1OCc1cccc(C(=O)O)c1. The zero-order chi connectivity index (χ0) is 23.8. The number of halogens is 2. The summed E-state index contributed by atoms with van der Waals surface area (Å²) in [5, 5.41) is 13.1. The fourth-order valence-corrected chi connectivity index (χ4v) is 3.69. The maximum Gasteiger partial charge on any atom is 0.335 e. The number of nitrogens with zero attached hydrogens (tertiary/aromatic N) is 1. The molecule has 0 aromatic heterocycles. The van der Waals surface area contributed by atoms with E-state index < -0.39 is 5.97 Å². The van der Waals surface area contributed by atoms with Crippen molar-refractivity contribution in [2.24, 2.45) is 5.10 Å². The number of nitrogens with one attached hydrogen (secondary N) is 1. The number of hydrazone groups is 1. The van der Waals surface area contributed by atoms with Crippen LogP contribution in [0.3, 0.4) is 0 Å². The number of carboxylic acids is 1. The highest BCUT2D eigenvalue weighted by atomic mass is 127. The molecule has 3 aromatic rings. The number of carbonyl (C=O) groups is 2. The van der Waals surface area contributed by atoms with Gasteiger partial charge in [-0.2, -0.15) is 5.10 Å². The Morgan fingerprint density at radius 3 is 2.58 bits per heavy atom. The number of rotatable bonds is 9. The molecule has 3 aromatic carbocycles. The number of benzene rings is 3. The molecule has 0 fully saturated rings. The van der Waals surface area contributed by atoms with Crippen molar-refractivity contribution < 1.29 is 28.6 Å². The van der Waals surface area contributed by atoms with Crippen LogP contribution in [0.2, 0.25) is 0 Å². The molecule has 0 aliphatic carbocycles. The average Bonchev–Trinajstić information content (AvgIpc) is 2.79. The molecule has 2 N–H and O–H groups in total. The van der Waals surface area contributed by atoms with Gasteiger partial charge in [-0.25, -0.2) is 14.6 Å². The zero-order valence-electron chi connectivity index (χ0n) is 17.5. The Balaban J connectivity index is 1.64. The van der Waals surface area contributed by atoms with Crippen LogP contribution in [0.5, 0.6) is 11.5 Å². The molecule has 33 heavy (non-hydrogen) atoms. The van der Waals surface area contributed by atoms with Crippen LogP contribution < -0.4 is 14.9 Å². The highest BCUT2D eigenvalue weighted by molar-refractivity contribution is 14.1. The molecule has 1 amide bonds. The van der Waals surface area contributed by atoms with Gasteiger partial charge in [0, 0.05) is 0 Å². The number of hydrogen-bond acceptors (Lipinski definition) is 5. The van der Waals surface area contributed by atoms with Crippen LogP contribution in [0.4, 0.5) is 4.39 Å². The molecular weight excluding hydrogens is 542 g/mol. The predicted octanol–water partition coefficient (Wildman–Crippen LogP) is 4.41. The zero-order valence-corrected chi connectivity index (χ0v) is 19.7. The Hall–Kier alpha value is -3.47. The van der Waals surface area contributed by atoms with Gasteiger partial charge in [-0.1, -0.05) is 24.3 Å². The normalized spacial score (nSPS) is 10.8. The van der Waals surface area contributed by atoms with E-state index in [-0.39, 0.29) is 30.3 Å². The van der Waals surface area contributed by atoms with Crippen LogP contribution >= 0.6 is 22.6 Å². The summed E-state index contributed by atoms with van der Waals surface area (Å²) in [6, 6.07) is 15.7. The molecule has 170 valence electrons. The number of amides is 1. The summed E-state index contributed by atoms with van der Waals surface area (Å²) < 4.78 is 25.0. The first-order valence-electron chi connectivity index (χ1n) is 9.74. The van der Waals surface area contributed by atoms with E-state index >= 15 is 0 Å². The summed E-state index contributed by atoms with van der Waals surface area (Å²) in [7, 11) is 1.51. The average molecular weight is 562 g/mol. The van der Waals surface area contributed by atoms with Crippen molar-refractivity contribution in [3.05, 3.63) is 92.3 Å². The number of hydrogen-bond donors (Lipinski definition) is 2. The minimum atomic E-state index is -1.00. The van der Waals surface area contributed by atoms with E-state index in [4.69, 9.17) is 14.6 Å². The third-order valence-corrected chi connectivity index (χ3v) is 5.29. The second kappa shape index (κ2) is 11.4. The monoisotopic (exact) mass is 562 g/mol. The lowest BCUT2D eigenvalue weighted by molar-refractivity contribution is -0.120. The number of aromatic carboxylic acids is 1. The van der Waals surface area contributed by atoms with E-state index in [1.54, 1.807) is 36.4 Å². The Kier molecular flexibility index (Phi) is 8.36. The summed E-state index contributed by atoms with van der Waals surface area (Å²) >= 11 is 2.10. The molecule has 3 rings (SSSR count). The molecule has 0 bridgehead atoms. The van der Waals surface area contributed by atoms with E-state index in [9.17, 15) is 14.0 Å². The molecule has 7 nitrogen and oxygen atoms in total. The Morgan fingerprint density at radius 2 is 1.88 bits per heavy atom. The first-order valence-corrected chi connectivity index (χ1v) is 10.8. The smallest absolute Gasteiger partial charge is 0.335 e. The molecule has 0 unspecified atom stereocenters. The predicted molar refractivity (Wildman–Crippen MR) is 129 cm³/mol. The molecule has 0 saturated heterocycles. The maximum absolute atomic E-state index is 13.0. The molecule has 0 aliphatic heterocycles. The number of methoxy groups -OCH3 is 1. The van der Waals surface area contributed by atoms with Gasteiger partial charge in [0.1, 0.15) is 12.4 Å². The van der Waals surface area contributed by atoms with E-state index in [0.717, 1.165) is 3.57 Å². The minimum absolute atomic E-state index is 0.0777. The second-order valence-electron chi connectivity index (χ2n) is 6.92. The topological polar surface area (TPSA) is 97.2 Å². The Morgan fingerprint density at radius 1 is 1.12 bits per heavy atom. The van der Waals surface area contributed by atoms with Crippen LogP contribution in [0, 0.1) is 9.39 Å². The van der Waals surface area contributed by atoms with E-state index in [0.29, 0.717) is 28.2 Å². The highest BCUT2D eigenvalue weighted by Crippen LogP contribution is 2.34. The van der Waals surface area contributed by atoms with Gasteiger partial charge in [0.25, 0.3) is 0 Å². The Labute approximate surface area is 203 Å². The third-order valence-electron chi connectivity index (χ3n) is 4.49. The van der Waals surface area contributed by atoms with Gasteiger partial charge in [0.15, 0.2) is 11.5 Å². The highest BCUT2D eigenvalue weighted by Gasteiger charge is 2.12. The summed E-state index contributed by atoms with van der Waals surface area (Å²) in [6.45, 7) is 0.167. The van der Waals surface area contributed by atoms with Crippen LogP contribution in [-0.4, -0.2) is 30.3 Å². The van der Waals surface area contributed by atoms with Crippen molar-refractivity contribution in [1.29, 1.82) is 0 Å². The number of carbonyl (C=O) groups excluding carboxylic acids is 1. The van der Waals surface area contributed by atoms with Gasteiger partial charge in [0.2, 0.25) is 5.91 Å². The largest absolute Gasteiger partial charge is 0.493 e. The van der Waals surface area contributed by atoms with Crippen LogP contribution in [-0.2, 0) is 17.8 Å². The standard InChI is InChI=1S/C24H20FIN2O5/c1-32-21-11-17(13-27-28-22(29)12-15-5-7-19(25)8-6-15)10-20(26)23(21)33-14-16-3-2-4-18(9-16)24(30)31/h2-11,13H,12,14H2,1H3,(H,28,29)(H,30,31)/b27-13+. The van der Waals surface area contributed by atoms with Crippen LogP contribution in [0.1, 0.15) is 27.0 Å². The van der Waals surface area contributed by atoms with Gasteiger partial charge in [0.05, 0.1) is 28.9 Å². The first kappa shape index (κ1) is 24.2. The van der Waals surface area contributed by atoms with Gasteiger partial charge in [-0.05, 0) is 75.7 Å². The summed E-state index contributed by atoms with van der Waals surface area (Å²) in [5.74, 6) is -0.714. The molecule has 0 aliphatic rings. The lowest BCUT2D eigenvalue weighted by Gasteiger charge is -2.14. The molecule has 0 atom stereocenters. The molecular formula is C24H20FIN2O5. The van der Waals surface area contributed by atoms with E-state index in [1.807, 2.05) is 6.07 Å². The molecule has 0 heterocycles. The van der Waals surface area contributed by atoms with Crippen molar-refractivity contribution in [3.63, 3.8) is 0 Å². The van der Waals surface area contributed by atoms with E-state index in [1.165, 1.54) is 31.5 Å². The molecule has 0 saturated carbocycles. The van der Waals surface area contributed by atoms with Crippen molar-refractivity contribution in [2.45, 2.75) is 13.0 Å². The fraction of sp³-hybridized carbons (Fsp3) is 0.125. The van der Waals surface area contributed by atoms with Gasteiger partial charge in [-0.3, -0.25) is 4.79 Å². The van der Waals surface area contributed by atoms with Crippen molar-refractivity contribution in [2.75, 3.05) is 7.11 Å². The minimum Gasteiger partial charge on any atom is -0.493 e. The fourth-order valence-electron chi connectivity index (χ4n) is 2.91. The summed E-state index contributed by atoms with van der Waals surface area (Å²) in [5.41, 5.74) is 4.69. The van der Waals surface area contributed by atoms with E-state index in [2.05, 4.69) is 33.1 Å².